The van der Waals surface area contributed by atoms with Gasteiger partial charge in [0.1, 0.15) is 0 Å². The first kappa shape index (κ1) is 12.6. The van der Waals surface area contributed by atoms with Gasteiger partial charge in [0.15, 0.2) is 11.5 Å². The van der Waals surface area contributed by atoms with E-state index in [4.69, 9.17) is 10.4 Å². The van der Waals surface area contributed by atoms with Crippen LogP contribution in [0.15, 0.2) is 10.6 Å². The molecule has 3 N–H and O–H groups in total. The van der Waals surface area contributed by atoms with Gasteiger partial charge in [0.2, 0.25) is 5.91 Å². The SMILES string of the molecule is NNC(=O)c1cc(CN2CCCCCC2=O)on1. The summed E-state index contributed by atoms with van der Waals surface area (Å²) < 4.78 is 5.02. The van der Waals surface area contributed by atoms with E-state index in [-0.39, 0.29) is 11.6 Å². The molecule has 7 nitrogen and oxygen atoms in total. The third-order valence-corrected chi connectivity index (χ3v) is 2.94. The zero-order valence-corrected chi connectivity index (χ0v) is 10.0. The molecular weight excluding hydrogens is 236 g/mol. The van der Waals surface area contributed by atoms with Crippen molar-refractivity contribution in [2.45, 2.75) is 32.2 Å². The maximum atomic E-state index is 11.8. The molecule has 1 aromatic rings. The van der Waals surface area contributed by atoms with Crippen LogP contribution in [0.5, 0.6) is 0 Å². The highest BCUT2D eigenvalue weighted by Gasteiger charge is 2.19. The molecule has 0 spiro atoms. The molecule has 18 heavy (non-hydrogen) atoms. The number of likely N-dealkylation sites (tertiary alicyclic amines) is 1. The Bertz CT molecular complexity index is 443. The molecule has 2 rings (SSSR count). The van der Waals surface area contributed by atoms with Crippen LogP contribution >= 0.6 is 0 Å². The van der Waals surface area contributed by atoms with Gasteiger partial charge in [-0.2, -0.15) is 0 Å². The van der Waals surface area contributed by atoms with Crippen molar-refractivity contribution in [1.29, 1.82) is 0 Å². The molecule has 0 aromatic carbocycles. The lowest BCUT2D eigenvalue weighted by molar-refractivity contribution is -0.131. The lowest BCUT2D eigenvalue weighted by atomic mass is 10.2. The van der Waals surface area contributed by atoms with Gasteiger partial charge in [0, 0.05) is 19.0 Å². The summed E-state index contributed by atoms with van der Waals surface area (Å²) in [5, 5.41) is 3.60. The lowest BCUT2D eigenvalue weighted by Crippen LogP contribution is -2.30. The quantitative estimate of drug-likeness (QED) is 0.454. The fraction of sp³-hybridized carbons (Fsp3) is 0.545. The fourth-order valence-electron chi connectivity index (χ4n) is 1.96. The van der Waals surface area contributed by atoms with E-state index in [9.17, 15) is 9.59 Å². The minimum atomic E-state index is -0.507. The fourth-order valence-corrected chi connectivity index (χ4v) is 1.96. The number of nitrogens with one attached hydrogen (secondary N) is 1. The van der Waals surface area contributed by atoms with E-state index in [2.05, 4.69) is 5.16 Å². The average Bonchev–Trinajstić information content (AvgIpc) is 2.75. The average molecular weight is 252 g/mol. The van der Waals surface area contributed by atoms with E-state index in [0.29, 0.717) is 18.7 Å². The summed E-state index contributed by atoms with van der Waals surface area (Å²) in [6, 6.07) is 1.50. The summed E-state index contributed by atoms with van der Waals surface area (Å²) in [4.78, 5) is 24.7. The van der Waals surface area contributed by atoms with Gasteiger partial charge in [-0.1, -0.05) is 11.6 Å². The Balaban J connectivity index is 2.01. The van der Waals surface area contributed by atoms with Crippen LogP contribution < -0.4 is 11.3 Å². The Labute approximate surface area is 104 Å². The van der Waals surface area contributed by atoms with Crippen molar-refractivity contribution in [1.82, 2.24) is 15.5 Å². The Hall–Kier alpha value is -1.89. The van der Waals surface area contributed by atoms with E-state index in [1.807, 2.05) is 5.43 Å². The molecule has 98 valence electrons. The normalized spacial score (nSPS) is 16.5. The van der Waals surface area contributed by atoms with Gasteiger partial charge in [-0.25, -0.2) is 5.84 Å². The second kappa shape index (κ2) is 5.63. The summed E-state index contributed by atoms with van der Waals surface area (Å²) in [6.45, 7) is 1.07. The monoisotopic (exact) mass is 252 g/mol. The van der Waals surface area contributed by atoms with Crippen molar-refractivity contribution in [3.8, 4) is 0 Å². The topological polar surface area (TPSA) is 101 Å². The van der Waals surface area contributed by atoms with Crippen LogP contribution in [0, 0.1) is 0 Å². The minimum Gasteiger partial charge on any atom is -0.359 e. The third kappa shape index (κ3) is 2.86. The number of hydrazine groups is 1. The summed E-state index contributed by atoms with van der Waals surface area (Å²) in [5.74, 6) is 5.10. The molecule has 0 saturated carbocycles. The van der Waals surface area contributed by atoms with Gasteiger partial charge < -0.3 is 9.42 Å². The van der Waals surface area contributed by atoms with Crippen molar-refractivity contribution >= 4 is 11.8 Å². The molecule has 1 aliphatic heterocycles. The molecule has 0 aliphatic carbocycles. The zero-order valence-electron chi connectivity index (χ0n) is 10.0. The van der Waals surface area contributed by atoms with Gasteiger partial charge in [-0.15, -0.1) is 0 Å². The summed E-state index contributed by atoms with van der Waals surface area (Å²) in [5.41, 5.74) is 2.10. The van der Waals surface area contributed by atoms with E-state index < -0.39 is 5.91 Å². The molecule has 1 saturated heterocycles. The van der Waals surface area contributed by atoms with Crippen LogP contribution in [0.2, 0.25) is 0 Å². The van der Waals surface area contributed by atoms with Crippen LogP contribution in [0.25, 0.3) is 0 Å². The summed E-state index contributed by atoms with van der Waals surface area (Å²) in [7, 11) is 0. The molecular formula is C11H16N4O3. The Kier molecular flexibility index (Phi) is 3.93. The molecule has 0 unspecified atom stereocenters. The van der Waals surface area contributed by atoms with Gasteiger partial charge in [-0.3, -0.25) is 15.0 Å². The number of nitrogen functional groups attached to an aromatic ring is 1. The zero-order chi connectivity index (χ0) is 13.0. The molecule has 1 aromatic heterocycles. The number of rotatable bonds is 3. The van der Waals surface area contributed by atoms with Crippen molar-refractivity contribution in [2.24, 2.45) is 5.84 Å². The highest BCUT2D eigenvalue weighted by atomic mass is 16.5. The number of carbonyl (C=O) groups excluding carboxylic acids is 2. The van der Waals surface area contributed by atoms with Gasteiger partial charge in [-0.05, 0) is 12.8 Å². The third-order valence-electron chi connectivity index (χ3n) is 2.94. The number of amides is 2. The number of aromatic nitrogens is 1. The van der Waals surface area contributed by atoms with E-state index in [1.54, 1.807) is 4.90 Å². The molecule has 1 fully saturated rings. The molecule has 7 heteroatoms. The molecule has 2 heterocycles. The smallest absolute Gasteiger partial charge is 0.287 e. The van der Waals surface area contributed by atoms with Crippen molar-refractivity contribution in [2.75, 3.05) is 6.54 Å². The standard InChI is InChI=1S/C11H16N4O3/c12-13-11(17)9-6-8(18-14-9)7-15-5-3-1-2-4-10(15)16/h6H,1-5,7,12H2,(H,13,17). The van der Waals surface area contributed by atoms with E-state index in [0.717, 1.165) is 25.8 Å². The molecule has 2 amide bonds. The summed E-state index contributed by atoms with van der Waals surface area (Å²) >= 11 is 0. The predicted molar refractivity (Wildman–Crippen MR) is 62.0 cm³/mol. The van der Waals surface area contributed by atoms with E-state index >= 15 is 0 Å². The first-order chi connectivity index (χ1) is 8.70. The van der Waals surface area contributed by atoms with Crippen LogP contribution in [0.1, 0.15) is 41.9 Å². The summed E-state index contributed by atoms with van der Waals surface area (Å²) in [6.07, 6.45) is 3.58. The van der Waals surface area contributed by atoms with Crippen molar-refractivity contribution in [3.05, 3.63) is 17.5 Å². The highest BCUT2D eigenvalue weighted by molar-refractivity contribution is 5.91. The largest absolute Gasteiger partial charge is 0.359 e. The second-order valence-corrected chi connectivity index (χ2v) is 4.28. The Morgan fingerprint density at radius 1 is 1.50 bits per heavy atom. The first-order valence-electron chi connectivity index (χ1n) is 5.95. The molecule has 0 radical (unpaired) electrons. The van der Waals surface area contributed by atoms with Crippen LogP contribution in [0.3, 0.4) is 0 Å². The van der Waals surface area contributed by atoms with Crippen LogP contribution in [0.4, 0.5) is 0 Å². The molecule has 0 atom stereocenters. The highest BCUT2D eigenvalue weighted by Crippen LogP contribution is 2.15. The number of nitrogens with two attached hydrogens (primary N) is 1. The van der Waals surface area contributed by atoms with Gasteiger partial charge in [0.25, 0.3) is 5.91 Å². The lowest BCUT2D eigenvalue weighted by Gasteiger charge is -2.18. The van der Waals surface area contributed by atoms with Gasteiger partial charge >= 0.3 is 0 Å². The number of hydrogen-bond donors (Lipinski definition) is 2. The van der Waals surface area contributed by atoms with E-state index in [1.165, 1.54) is 6.07 Å². The number of hydrogen-bond acceptors (Lipinski definition) is 5. The maximum Gasteiger partial charge on any atom is 0.287 e. The van der Waals surface area contributed by atoms with Crippen LogP contribution in [-0.4, -0.2) is 28.4 Å². The van der Waals surface area contributed by atoms with Crippen molar-refractivity contribution in [3.63, 3.8) is 0 Å². The predicted octanol–water partition coefficient (Wildman–Crippen LogP) is 0.181. The molecule has 1 aliphatic rings. The van der Waals surface area contributed by atoms with Crippen molar-refractivity contribution < 1.29 is 14.1 Å². The Morgan fingerprint density at radius 3 is 3.11 bits per heavy atom. The number of carbonyl (C=O) groups is 2. The minimum absolute atomic E-state index is 0.119. The number of nitrogens with zero attached hydrogens (tertiary/aromatic N) is 2. The maximum absolute atomic E-state index is 11.8. The molecule has 0 bridgehead atoms. The van der Waals surface area contributed by atoms with Gasteiger partial charge in [0.05, 0.1) is 6.54 Å². The van der Waals surface area contributed by atoms with Crippen LogP contribution in [-0.2, 0) is 11.3 Å². The Morgan fingerprint density at radius 2 is 2.33 bits per heavy atom. The second-order valence-electron chi connectivity index (χ2n) is 4.28. The first-order valence-corrected chi connectivity index (χ1v) is 5.95.